The molecule has 1 aromatic heterocycles. The van der Waals surface area contributed by atoms with Gasteiger partial charge in [-0.05, 0) is 49.9 Å². The first-order valence-electron chi connectivity index (χ1n) is 8.90. The first kappa shape index (κ1) is 15.9. The Bertz CT molecular complexity index is 767. The molecule has 2 amide bonds. The highest BCUT2D eigenvalue weighted by Gasteiger charge is 2.32. The van der Waals surface area contributed by atoms with Gasteiger partial charge in [-0.15, -0.1) is 0 Å². The third-order valence-corrected chi connectivity index (χ3v) is 4.87. The second-order valence-electron chi connectivity index (χ2n) is 6.87. The van der Waals surface area contributed by atoms with Crippen LogP contribution in [0.2, 0.25) is 0 Å². The Morgan fingerprint density at radius 1 is 1.16 bits per heavy atom. The van der Waals surface area contributed by atoms with E-state index in [-0.39, 0.29) is 17.7 Å². The topological polar surface area (TPSA) is 67.2 Å². The van der Waals surface area contributed by atoms with Crippen molar-refractivity contribution in [2.75, 3.05) is 13.1 Å². The molecule has 2 heterocycles. The van der Waals surface area contributed by atoms with Crippen molar-refractivity contribution in [3.8, 4) is 5.69 Å². The fourth-order valence-corrected chi connectivity index (χ4v) is 3.31. The monoisotopic (exact) mass is 338 g/mol. The summed E-state index contributed by atoms with van der Waals surface area (Å²) in [6.45, 7) is 1.21. The number of carbonyl (C=O) groups is 2. The number of nitrogens with zero attached hydrogens (tertiary/aromatic N) is 3. The van der Waals surface area contributed by atoms with E-state index in [1.54, 1.807) is 10.9 Å². The zero-order valence-electron chi connectivity index (χ0n) is 14.1. The van der Waals surface area contributed by atoms with Crippen LogP contribution in [0.3, 0.4) is 0 Å². The average Bonchev–Trinajstić information content (AvgIpc) is 3.30. The number of nitrogens with one attached hydrogen (secondary N) is 1. The summed E-state index contributed by atoms with van der Waals surface area (Å²) in [5.74, 6) is -0.00387. The van der Waals surface area contributed by atoms with Gasteiger partial charge in [0, 0.05) is 37.1 Å². The number of likely N-dealkylation sites (tertiary alicyclic amines) is 1. The van der Waals surface area contributed by atoms with Crippen LogP contribution in [0.25, 0.3) is 5.69 Å². The van der Waals surface area contributed by atoms with Crippen molar-refractivity contribution in [3.05, 3.63) is 48.3 Å². The molecule has 130 valence electrons. The molecule has 1 aliphatic carbocycles. The smallest absolute Gasteiger partial charge is 0.253 e. The van der Waals surface area contributed by atoms with E-state index in [2.05, 4.69) is 10.4 Å². The Morgan fingerprint density at radius 2 is 2.04 bits per heavy atom. The number of aromatic nitrogens is 2. The number of hydrogen-bond acceptors (Lipinski definition) is 3. The fraction of sp³-hybridized carbons (Fsp3) is 0.421. The predicted octanol–water partition coefficient (Wildman–Crippen LogP) is 2.00. The van der Waals surface area contributed by atoms with Crippen LogP contribution in [0.1, 0.15) is 36.0 Å². The van der Waals surface area contributed by atoms with Crippen LogP contribution in [-0.2, 0) is 4.79 Å². The normalized spacial score (nSPS) is 20.3. The molecule has 1 aliphatic heterocycles. The van der Waals surface area contributed by atoms with Gasteiger partial charge in [-0.1, -0.05) is 6.07 Å². The number of rotatable bonds is 4. The van der Waals surface area contributed by atoms with Crippen molar-refractivity contribution >= 4 is 11.8 Å². The molecule has 0 radical (unpaired) electrons. The molecule has 6 heteroatoms. The van der Waals surface area contributed by atoms with Gasteiger partial charge in [-0.3, -0.25) is 9.59 Å². The SMILES string of the molecule is O=C(NC1CC1)[C@@H]1CCCN(C(=O)c2cccc(-n3cccn3)c2)C1. The highest BCUT2D eigenvalue weighted by Crippen LogP contribution is 2.23. The largest absolute Gasteiger partial charge is 0.353 e. The first-order chi connectivity index (χ1) is 12.2. The Labute approximate surface area is 146 Å². The van der Waals surface area contributed by atoms with E-state index in [4.69, 9.17) is 0 Å². The lowest BCUT2D eigenvalue weighted by Gasteiger charge is -2.32. The van der Waals surface area contributed by atoms with E-state index in [1.807, 2.05) is 41.4 Å². The zero-order chi connectivity index (χ0) is 17.2. The summed E-state index contributed by atoms with van der Waals surface area (Å²) >= 11 is 0. The standard InChI is InChI=1S/C19H22N4O2/c24-18(21-16-7-8-16)15-5-2-10-22(13-15)19(25)14-4-1-6-17(12-14)23-11-3-9-20-23/h1,3-4,6,9,11-12,15-16H,2,5,7-8,10,13H2,(H,21,24)/t15-/m1/s1. The van der Waals surface area contributed by atoms with E-state index in [0.29, 0.717) is 24.7 Å². The van der Waals surface area contributed by atoms with Gasteiger partial charge in [-0.25, -0.2) is 4.68 Å². The van der Waals surface area contributed by atoms with Gasteiger partial charge >= 0.3 is 0 Å². The van der Waals surface area contributed by atoms with Crippen molar-refractivity contribution in [2.45, 2.75) is 31.7 Å². The summed E-state index contributed by atoms with van der Waals surface area (Å²) in [7, 11) is 0. The Morgan fingerprint density at radius 3 is 2.80 bits per heavy atom. The lowest BCUT2D eigenvalue weighted by atomic mass is 9.96. The minimum absolute atomic E-state index is 0.0158. The molecule has 0 unspecified atom stereocenters. The quantitative estimate of drug-likeness (QED) is 0.927. The molecule has 6 nitrogen and oxygen atoms in total. The van der Waals surface area contributed by atoms with Gasteiger partial charge in [0.25, 0.3) is 5.91 Å². The highest BCUT2D eigenvalue weighted by atomic mass is 16.2. The lowest BCUT2D eigenvalue weighted by molar-refractivity contribution is -0.126. The molecule has 2 aromatic rings. The zero-order valence-corrected chi connectivity index (χ0v) is 14.1. The third-order valence-electron chi connectivity index (χ3n) is 4.87. The van der Waals surface area contributed by atoms with Crippen LogP contribution in [0.5, 0.6) is 0 Å². The maximum absolute atomic E-state index is 12.9. The van der Waals surface area contributed by atoms with Crippen molar-refractivity contribution in [2.24, 2.45) is 5.92 Å². The second-order valence-corrected chi connectivity index (χ2v) is 6.87. The summed E-state index contributed by atoms with van der Waals surface area (Å²) in [6.07, 6.45) is 7.45. The maximum Gasteiger partial charge on any atom is 0.253 e. The molecule has 25 heavy (non-hydrogen) atoms. The van der Waals surface area contributed by atoms with Crippen LogP contribution < -0.4 is 5.32 Å². The molecule has 2 aliphatic rings. The second kappa shape index (κ2) is 6.70. The maximum atomic E-state index is 12.9. The van der Waals surface area contributed by atoms with Gasteiger partial charge in [0.05, 0.1) is 11.6 Å². The van der Waals surface area contributed by atoms with Crippen LogP contribution in [-0.4, -0.2) is 45.6 Å². The summed E-state index contributed by atoms with van der Waals surface area (Å²) in [4.78, 5) is 27.0. The van der Waals surface area contributed by atoms with Crippen LogP contribution in [0.4, 0.5) is 0 Å². The first-order valence-corrected chi connectivity index (χ1v) is 8.90. The Hall–Kier alpha value is -2.63. The molecule has 4 rings (SSSR count). The molecular formula is C19H22N4O2. The van der Waals surface area contributed by atoms with Gasteiger partial charge in [0.1, 0.15) is 0 Å². The molecule has 0 bridgehead atoms. The van der Waals surface area contributed by atoms with Crippen molar-refractivity contribution in [1.82, 2.24) is 20.0 Å². The molecule has 1 aromatic carbocycles. The molecule has 1 saturated carbocycles. The van der Waals surface area contributed by atoms with Crippen LogP contribution >= 0.6 is 0 Å². The van der Waals surface area contributed by atoms with Gasteiger partial charge in [0.15, 0.2) is 0 Å². The number of carbonyl (C=O) groups excluding carboxylic acids is 2. The average molecular weight is 338 g/mol. The molecule has 2 fully saturated rings. The summed E-state index contributed by atoms with van der Waals surface area (Å²) < 4.78 is 1.73. The number of piperidine rings is 1. The van der Waals surface area contributed by atoms with E-state index in [1.165, 1.54) is 0 Å². The lowest BCUT2D eigenvalue weighted by Crippen LogP contribution is -2.45. The number of benzene rings is 1. The van der Waals surface area contributed by atoms with Crippen LogP contribution in [0.15, 0.2) is 42.7 Å². The van der Waals surface area contributed by atoms with Crippen molar-refractivity contribution < 1.29 is 9.59 Å². The van der Waals surface area contributed by atoms with E-state index in [0.717, 1.165) is 31.4 Å². The molecule has 1 N–H and O–H groups in total. The third kappa shape index (κ3) is 3.57. The van der Waals surface area contributed by atoms with Crippen LogP contribution in [0, 0.1) is 5.92 Å². The molecular weight excluding hydrogens is 316 g/mol. The molecule has 1 atom stereocenters. The van der Waals surface area contributed by atoms with Gasteiger partial charge in [-0.2, -0.15) is 5.10 Å². The number of hydrogen-bond donors (Lipinski definition) is 1. The van der Waals surface area contributed by atoms with E-state index in [9.17, 15) is 9.59 Å². The molecule has 1 saturated heterocycles. The fourth-order valence-electron chi connectivity index (χ4n) is 3.31. The molecule has 0 spiro atoms. The summed E-state index contributed by atoms with van der Waals surface area (Å²) in [6, 6.07) is 9.68. The Balaban J connectivity index is 1.46. The number of amides is 2. The summed E-state index contributed by atoms with van der Waals surface area (Å²) in [5.41, 5.74) is 1.49. The predicted molar refractivity (Wildman–Crippen MR) is 93.4 cm³/mol. The summed E-state index contributed by atoms with van der Waals surface area (Å²) in [5, 5.41) is 7.27. The van der Waals surface area contributed by atoms with Crippen molar-refractivity contribution in [3.63, 3.8) is 0 Å². The van der Waals surface area contributed by atoms with E-state index < -0.39 is 0 Å². The van der Waals surface area contributed by atoms with Crippen molar-refractivity contribution in [1.29, 1.82) is 0 Å². The minimum atomic E-state index is -0.0902. The highest BCUT2D eigenvalue weighted by molar-refractivity contribution is 5.95. The minimum Gasteiger partial charge on any atom is -0.353 e. The Kier molecular flexibility index (Phi) is 4.26. The van der Waals surface area contributed by atoms with Gasteiger partial charge in [0.2, 0.25) is 5.91 Å². The van der Waals surface area contributed by atoms with E-state index >= 15 is 0 Å². The van der Waals surface area contributed by atoms with Gasteiger partial charge < -0.3 is 10.2 Å².